The van der Waals surface area contributed by atoms with Gasteiger partial charge >= 0.3 is 5.97 Å². The first-order valence-electron chi connectivity index (χ1n) is 8.09. The third-order valence-electron chi connectivity index (χ3n) is 4.01. The first-order valence-corrected chi connectivity index (χ1v) is 9.70. The Morgan fingerprint density at radius 2 is 1.92 bits per heavy atom. The fourth-order valence-electron chi connectivity index (χ4n) is 2.75. The van der Waals surface area contributed by atoms with Crippen molar-refractivity contribution < 1.29 is 14.3 Å². The Labute approximate surface area is 159 Å². The number of fused-ring (bicyclic) bond motifs is 1. The first-order chi connectivity index (χ1) is 12.1. The van der Waals surface area contributed by atoms with Crippen molar-refractivity contribution >= 4 is 43.3 Å². The normalized spacial score (nSPS) is 12.1. The van der Waals surface area contributed by atoms with E-state index in [2.05, 4.69) is 34.1 Å². The number of carbonyl (C=O) groups excluding carboxylic acids is 1. The number of benzene rings is 2. The lowest BCUT2D eigenvalue weighted by atomic mass is 9.97. The van der Waals surface area contributed by atoms with E-state index in [-0.39, 0.29) is 11.9 Å². The molecule has 3 aromatic rings. The smallest absolute Gasteiger partial charge is 0.314 e. The van der Waals surface area contributed by atoms with Crippen LogP contribution in [0.25, 0.3) is 10.1 Å². The van der Waals surface area contributed by atoms with Crippen LogP contribution in [0.5, 0.6) is 5.75 Å². The van der Waals surface area contributed by atoms with E-state index < -0.39 is 0 Å². The van der Waals surface area contributed by atoms with Crippen molar-refractivity contribution in [3.8, 4) is 5.75 Å². The maximum Gasteiger partial charge on any atom is 0.314 e. The molecule has 1 atom stereocenters. The summed E-state index contributed by atoms with van der Waals surface area (Å²) < 4.78 is 12.7. The lowest BCUT2D eigenvalue weighted by Gasteiger charge is -2.14. The molecule has 3 nitrogen and oxygen atoms in total. The van der Waals surface area contributed by atoms with Crippen molar-refractivity contribution in [2.75, 3.05) is 13.7 Å². The monoisotopic (exact) mass is 418 g/mol. The highest BCUT2D eigenvalue weighted by Crippen LogP contribution is 2.35. The van der Waals surface area contributed by atoms with Gasteiger partial charge in [0.05, 0.1) is 19.6 Å². The van der Waals surface area contributed by atoms with Gasteiger partial charge in [0.1, 0.15) is 5.75 Å². The zero-order valence-corrected chi connectivity index (χ0v) is 16.5. The molecular weight excluding hydrogens is 400 g/mol. The van der Waals surface area contributed by atoms with Crippen molar-refractivity contribution in [2.24, 2.45) is 0 Å². The summed E-state index contributed by atoms with van der Waals surface area (Å²) in [7, 11) is 1.64. The summed E-state index contributed by atoms with van der Waals surface area (Å²) in [5.41, 5.74) is 1.08. The quantitative estimate of drug-likeness (QED) is 0.491. The minimum absolute atomic E-state index is 0.177. The molecule has 0 aliphatic rings. The van der Waals surface area contributed by atoms with Gasteiger partial charge in [0.25, 0.3) is 0 Å². The van der Waals surface area contributed by atoms with E-state index in [1.54, 1.807) is 18.4 Å². The second-order valence-corrected chi connectivity index (χ2v) is 7.72. The SMILES string of the molecule is CCOC(=O)C(Cc1ccc(OC)cc1)c1cc2cc(Br)ccc2s1. The van der Waals surface area contributed by atoms with Gasteiger partial charge in [0.2, 0.25) is 0 Å². The molecule has 0 saturated carbocycles. The van der Waals surface area contributed by atoms with Crippen molar-refractivity contribution in [3.05, 3.63) is 63.4 Å². The van der Waals surface area contributed by atoms with Crippen LogP contribution in [0.15, 0.2) is 53.0 Å². The van der Waals surface area contributed by atoms with Crippen LogP contribution in [-0.4, -0.2) is 19.7 Å². The van der Waals surface area contributed by atoms with Gasteiger partial charge in [-0.3, -0.25) is 4.79 Å². The van der Waals surface area contributed by atoms with Gasteiger partial charge in [0, 0.05) is 14.0 Å². The molecule has 3 rings (SSSR count). The fourth-order valence-corrected chi connectivity index (χ4v) is 4.26. The molecule has 0 N–H and O–H groups in total. The first kappa shape index (κ1) is 18.0. The number of rotatable bonds is 6. The maximum atomic E-state index is 12.6. The zero-order valence-electron chi connectivity index (χ0n) is 14.1. The molecular formula is C20H19BrO3S. The molecule has 0 radical (unpaired) electrons. The van der Waals surface area contributed by atoms with Crippen LogP contribution in [-0.2, 0) is 16.0 Å². The van der Waals surface area contributed by atoms with Crippen molar-refractivity contribution in [1.82, 2.24) is 0 Å². The highest BCUT2D eigenvalue weighted by atomic mass is 79.9. The summed E-state index contributed by atoms with van der Waals surface area (Å²) in [6, 6.07) is 16.1. The highest BCUT2D eigenvalue weighted by molar-refractivity contribution is 9.10. The van der Waals surface area contributed by atoms with Gasteiger partial charge in [-0.05, 0) is 60.7 Å². The summed E-state index contributed by atoms with van der Waals surface area (Å²) >= 11 is 5.15. The standard InChI is InChI=1S/C20H19BrO3S/c1-3-24-20(22)17(10-13-4-7-16(23-2)8-5-13)19-12-14-11-15(21)6-9-18(14)25-19/h4-9,11-12,17H,3,10H2,1-2H3. The van der Waals surface area contributed by atoms with Crippen LogP contribution in [0.3, 0.4) is 0 Å². The average Bonchev–Trinajstić information content (AvgIpc) is 3.03. The third kappa shape index (κ3) is 4.22. The van der Waals surface area contributed by atoms with Crippen LogP contribution in [0.2, 0.25) is 0 Å². The molecule has 2 aromatic carbocycles. The average molecular weight is 419 g/mol. The predicted molar refractivity (Wildman–Crippen MR) is 106 cm³/mol. The second kappa shape index (κ2) is 8.02. The number of methoxy groups -OCH3 is 1. The topological polar surface area (TPSA) is 35.5 Å². The molecule has 0 saturated heterocycles. The Bertz CT molecular complexity index is 870. The zero-order chi connectivity index (χ0) is 17.8. The van der Waals surface area contributed by atoms with Gasteiger partial charge in [-0.1, -0.05) is 28.1 Å². The van der Waals surface area contributed by atoms with Gasteiger partial charge < -0.3 is 9.47 Å². The summed E-state index contributed by atoms with van der Waals surface area (Å²) in [6.07, 6.45) is 0.608. The molecule has 1 aromatic heterocycles. The van der Waals surface area contributed by atoms with Crippen LogP contribution in [0.1, 0.15) is 23.3 Å². The molecule has 25 heavy (non-hydrogen) atoms. The van der Waals surface area contributed by atoms with Crippen LogP contribution in [0, 0.1) is 0 Å². The lowest BCUT2D eigenvalue weighted by Crippen LogP contribution is -2.17. The molecule has 5 heteroatoms. The molecule has 0 bridgehead atoms. The van der Waals surface area contributed by atoms with Gasteiger partial charge in [-0.25, -0.2) is 0 Å². The molecule has 1 heterocycles. The third-order valence-corrected chi connectivity index (χ3v) is 5.73. The maximum absolute atomic E-state index is 12.6. The largest absolute Gasteiger partial charge is 0.497 e. The van der Waals surface area contributed by atoms with Crippen molar-refractivity contribution in [1.29, 1.82) is 0 Å². The summed E-state index contributed by atoms with van der Waals surface area (Å²) in [5.74, 6) is 0.330. The lowest BCUT2D eigenvalue weighted by molar-refractivity contribution is -0.144. The summed E-state index contributed by atoms with van der Waals surface area (Å²) in [5, 5.41) is 1.14. The Morgan fingerprint density at radius 1 is 1.16 bits per heavy atom. The summed E-state index contributed by atoms with van der Waals surface area (Å²) in [6.45, 7) is 2.22. The number of halogens is 1. The fraction of sp³-hybridized carbons (Fsp3) is 0.250. The van der Waals surface area contributed by atoms with E-state index >= 15 is 0 Å². The number of ether oxygens (including phenoxy) is 2. The number of carbonyl (C=O) groups is 1. The van der Waals surface area contributed by atoms with Crippen LogP contribution in [0.4, 0.5) is 0 Å². The van der Waals surface area contributed by atoms with Crippen LogP contribution >= 0.6 is 27.3 Å². The molecule has 0 spiro atoms. The minimum Gasteiger partial charge on any atom is -0.497 e. The van der Waals surface area contributed by atoms with Crippen LogP contribution < -0.4 is 4.74 Å². The number of esters is 1. The molecule has 0 amide bonds. The Kier molecular flexibility index (Phi) is 5.76. The molecule has 0 aliphatic heterocycles. The Morgan fingerprint density at radius 3 is 2.60 bits per heavy atom. The predicted octanol–water partition coefficient (Wildman–Crippen LogP) is 5.56. The number of thiophene rings is 1. The van der Waals surface area contributed by atoms with E-state index in [0.717, 1.165) is 26.0 Å². The van der Waals surface area contributed by atoms with Gasteiger partial charge in [0.15, 0.2) is 0 Å². The Hall–Kier alpha value is -1.85. The summed E-state index contributed by atoms with van der Waals surface area (Å²) in [4.78, 5) is 13.6. The molecule has 0 fully saturated rings. The van der Waals surface area contributed by atoms with Crippen molar-refractivity contribution in [3.63, 3.8) is 0 Å². The number of hydrogen-bond acceptors (Lipinski definition) is 4. The highest BCUT2D eigenvalue weighted by Gasteiger charge is 2.24. The minimum atomic E-state index is -0.301. The van der Waals surface area contributed by atoms with Gasteiger partial charge in [-0.2, -0.15) is 0 Å². The number of hydrogen-bond donors (Lipinski definition) is 0. The van der Waals surface area contributed by atoms with E-state index in [4.69, 9.17) is 9.47 Å². The van der Waals surface area contributed by atoms with Crippen molar-refractivity contribution in [2.45, 2.75) is 19.3 Å². The molecule has 1 unspecified atom stereocenters. The Balaban J connectivity index is 1.93. The van der Waals surface area contributed by atoms with Gasteiger partial charge in [-0.15, -0.1) is 11.3 Å². The molecule has 0 aliphatic carbocycles. The van der Waals surface area contributed by atoms with E-state index in [9.17, 15) is 4.79 Å². The second-order valence-electron chi connectivity index (χ2n) is 5.69. The van der Waals surface area contributed by atoms with E-state index in [0.29, 0.717) is 13.0 Å². The van der Waals surface area contributed by atoms with E-state index in [1.165, 1.54) is 4.70 Å². The molecule has 130 valence electrons. The van der Waals surface area contributed by atoms with E-state index in [1.807, 2.05) is 37.3 Å².